The third-order valence-corrected chi connectivity index (χ3v) is 16.7. The van der Waals surface area contributed by atoms with E-state index in [-0.39, 0.29) is 0 Å². The van der Waals surface area contributed by atoms with Crippen molar-refractivity contribution in [2.45, 2.75) is 103 Å². The van der Waals surface area contributed by atoms with Crippen LogP contribution in [-0.4, -0.2) is 54.1 Å². The summed E-state index contributed by atoms with van der Waals surface area (Å²) in [5.74, 6) is 2.65. The normalized spacial score (nSPS) is 12.6. The van der Waals surface area contributed by atoms with E-state index in [4.69, 9.17) is 9.47 Å². The van der Waals surface area contributed by atoms with Gasteiger partial charge in [0.05, 0.1) is 0 Å². The molecule has 0 saturated heterocycles. The first kappa shape index (κ1) is 30.4. The van der Waals surface area contributed by atoms with Crippen molar-refractivity contribution in [2.75, 3.05) is 37.9 Å². The number of unbranched alkanes of at least 4 members (excludes halogenated alkanes) is 2. The van der Waals surface area contributed by atoms with Gasteiger partial charge in [-0.25, -0.2) is 0 Å². The van der Waals surface area contributed by atoms with Crippen molar-refractivity contribution in [3.8, 4) is 0 Å². The molecule has 0 bridgehead atoms. The lowest BCUT2D eigenvalue weighted by Gasteiger charge is -2.22. The highest BCUT2D eigenvalue weighted by Gasteiger charge is 2.20. The van der Waals surface area contributed by atoms with Gasteiger partial charge in [-0.05, 0) is 49.4 Å². The van der Waals surface area contributed by atoms with Gasteiger partial charge < -0.3 is 9.47 Å². The van der Waals surface area contributed by atoms with Crippen molar-refractivity contribution in [3.63, 3.8) is 0 Å². The minimum absolute atomic E-state index is 0.863. The van der Waals surface area contributed by atoms with Gasteiger partial charge in [0, 0.05) is 54.1 Å². The molecule has 0 rings (SSSR count). The molecule has 176 valence electrons. The van der Waals surface area contributed by atoms with Gasteiger partial charge in [-0.2, -0.15) is 0 Å². The van der Waals surface area contributed by atoms with Gasteiger partial charge in [0.1, 0.15) is 0 Å². The van der Waals surface area contributed by atoms with Crippen LogP contribution in [0.15, 0.2) is 0 Å². The molecule has 0 saturated carbocycles. The van der Waals surface area contributed by atoms with Crippen LogP contribution < -0.4 is 0 Å². The Bertz CT molecular complexity index is 327. The van der Waals surface area contributed by atoms with Crippen LogP contribution in [0.2, 0.25) is 50.4 Å². The molecule has 0 aromatic heterocycles. The molecule has 0 heterocycles. The maximum Gasteiger partial charge on any atom is 0.0474 e. The molecular weight excluding hydrogens is 449 g/mol. The van der Waals surface area contributed by atoms with Gasteiger partial charge in [-0.15, -0.1) is 0 Å². The molecule has 0 spiro atoms. The zero-order valence-corrected chi connectivity index (χ0v) is 24.8. The summed E-state index contributed by atoms with van der Waals surface area (Å²) in [5, 5.41) is 0. The van der Waals surface area contributed by atoms with Crippen molar-refractivity contribution < 1.29 is 9.47 Å². The highest BCUT2D eigenvalue weighted by molar-refractivity contribution is 9.09. The van der Waals surface area contributed by atoms with Crippen molar-refractivity contribution in [1.29, 1.82) is 0 Å². The molecule has 0 aromatic carbocycles. The molecule has 0 amide bonds. The van der Waals surface area contributed by atoms with Gasteiger partial charge in [0.2, 0.25) is 0 Å². The van der Waals surface area contributed by atoms with Crippen LogP contribution in [0, 0.1) is 0 Å². The summed E-state index contributed by atoms with van der Waals surface area (Å²) in [6.07, 6.45) is 8.04. The van der Waals surface area contributed by atoms with E-state index in [2.05, 4.69) is 61.6 Å². The second kappa shape index (κ2) is 20.0. The molecule has 29 heavy (non-hydrogen) atoms. The highest BCUT2D eigenvalue weighted by Crippen LogP contribution is 2.37. The molecule has 0 aliphatic rings. The van der Waals surface area contributed by atoms with Crippen LogP contribution in [-0.2, 0) is 9.47 Å². The van der Waals surface area contributed by atoms with E-state index in [1.165, 1.54) is 74.2 Å². The van der Waals surface area contributed by atoms with Crippen molar-refractivity contribution in [3.05, 3.63) is 0 Å². The maximum absolute atomic E-state index is 5.45. The molecular formula is C22H50O2S3Si2. The van der Waals surface area contributed by atoms with E-state index >= 15 is 0 Å². The summed E-state index contributed by atoms with van der Waals surface area (Å²) >= 11 is 0. The molecule has 7 heteroatoms. The van der Waals surface area contributed by atoms with Crippen LogP contribution in [0.1, 0.15) is 52.4 Å². The smallest absolute Gasteiger partial charge is 0.0474 e. The minimum Gasteiger partial charge on any atom is -0.382 e. The van der Waals surface area contributed by atoms with Crippen LogP contribution in [0.25, 0.3) is 0 Å². The quantitative estimate of drug-likeness (QED) is 0.0840. The van der Waals surface area contributed by atoms with Gasteiger partial charge in [0.25, 0.3) is 0 Å². The number of ether oxygens (including phenoxy) is 2. The molecule has 0 aliphatic heterocycles. The van der Waals surface area contributed by atoms with Gasteiger partial charge >= 0.3 is 0 Å². The Morgan fingerprint density at radius 1 is 0.552 bits per heavy atom. The Morgan fingerprint density at radius 3 is 1.31 bits per heavy atom. The topological polar surface area (TPSA) is 18.5 Å². The van der Waals surface area contributed by atoms with E-state index in [1.807, 2.05) is 9.83 Å². The number of hydrogen-bond donors (Lipinski definition) is 0. The van der Waals surface area contributed by atoms with Crippen LogP contribution in [0.3, 0.4) is 0 Å². The summed E-state index contributed by atoms with van der Waals surface area (Å²) < 4.78 is 10.9. The molecule has 0 aromatic rings. The first-order chi connectivity index (χ1) is 13.8. The van der Waals surface area contributed by atoms with Crippen molar-refractivity contribution >= 4 is 47.6 Å². The zero-order chi connectivity index (χ0) is 21.8. The van der Waals surface area contributed by atoms with Crippen LogP contribution >= 0.6 is 31.4 Å². The lowest BCUT2D eigenvalue weighted by molar-refractivity contribution is 0.144. The standard InChI is InChI=1S/C22H50O2S3Si2/c1-7-23-15-9-11-19-28(3,4)21-13-17-25-27-26-18-14-22-29(5,6)20-12-10-16-24-8-2/h7-22H2,1-6H3. The number of hydrogen-bond acceptors (Lipinski definition) is 5. The Hall–Kier alpha value is 1.40. The second-order valence-electron chi connectivity index (χ2n) is 9.56. The van der Waals surface area contributed by atoms with E-state index < -0.39 is 16.1 Å². The highest BCUT2D eigenvalue weighted by atomic mass is 33.5. The predicted molar refractivity (Wildman–Crippen MR) is 147 cm³/mol. The predicted octanol–water partition coefficient (Wildman–Crippen LogP) is 8.85. The molecule has 0 aliphatic carbocycles. The Kier molecular flexibility index (Phi) is 21.0. The van der Waals surface area contributed by atoms with Gasteiger partial charge in [0.15, 0.2) is 0 Å². The van der Waals surface area contributed by atoms with Gasteiger partial charge in [-0.1, -0.05) is 84.8 Å². The fourth-order valence-electron chi connectivity index (χ4n) is 3.48. The summed E-state index contributed by atoms with van der Waals surface area (Å²) in [5.41, 5.74) is 0. The largest absolute Gasteiger partial charge is 0.382 e. The minimum atomic E-state index is -0.973. The molecule has 0 atom stereocenters. The fraction of sp³-hybridized carbons (Fsp3) is 1.00. The first-order valence-electron chi connectivity index (χ1n) is 11.9. The SMILES string of the molecule is CCOCCCC[Si](C)(C)CCCSSSCCC[Si](C)(C)CCCCOCC. The summed E-state index contributed by atoms with van der Waals surface area (Å²) in [4.78, 5) is 0. The summed E-state index contributed by atoms with van der Waals surface area (Å²) in [6, 6.07) is 5.92. The Morgan fingerprint density at radius 2 is 0.931 bits per heavy atom. The second-order valence-corrected chi connectivity index (χ2v) is 24.7. The average Bonchev–Trinajstić information content (AvgIpc) is 2.66. The van der Waals surface area contributed by atoms with Crippen LogP contribution in [0.4, 0.5) is 0 Å². The van der Waals surface area contributed by atoms with Gasteiger partial charge in [-0.3, -0.25) is 0 Å². The third-order valence-electron chi connectivity index (χ3n) is 5.45. The average molecular weight is 499 g/mol. The first-order valence-corrected chi connectivity index (χ1v) is 22.5. The van der Waals surface area contributed by atoms with Crippen molar-refractivity contribution in [2.24, 2.45) is 0 Å². The molecule has 0 N–H and O–H groups in total. The molecule has 2 nitrogen and oxygen atoms in total. The fourth-order valence-corrected chi connectivity index (χ4v) is 13.1. The maximum atomic E-state index is 5.45. The third kappa shape index (κ3) is 22.4. The lowest BCUT2D eigenvalue weighted by atomic mass is 10.4. The summed E-state index contributed by atoms with van der Waals surface area (Å²) in [7, 11) is 4.27. The number of rotatable bonds is 22. The lowest BCUT2D eigenvalue weighted by Crippen LogP contribution is -2.25. The van der Waals surface area contributed by atoms with Crippen LogP contribution in [0.5, 0.6) is 0 Å². The Labute approximate surface area is 197 Å². The molecule has 0 radical (unpaired) electrons. The summed E-state index contributed by atoms with van der Waals surface area (Å²) in [6.45, 7) is 18.1. The van der Waals surface area contributed by atoms with E-state index in [1.54, 1.807) is 0 Å². The molecule has 0 fully saturated rings. The zero-order valence-electron chi connectivity index (χ0n) is 20.4. The van der Waals surface area contributed by atoms with E-state index in [0.29, 0.717) is 0 Å². The van der Waals surface area contributed by atoms with Crippen molar-refractivity contribution in [1.82, 2.24) is 0 Å². The van der Waals surface area contributed by atoms with E-state index in [9.17, 15) is 0 Å². The monoisotopic (exact) mass is 498 g/mol. The Balaban J connectivity index is 3.49. The molecule has 0 unspecified atom stereocenters. The van der Waals surface area contributed by atoms with E-state index in [0.717, 1.165) is 26.4 Å².